The Kier molecular flexibility index (Phi) is 4.07. The van der Waals surface area contributed by atoms with Crippen LogP contribution < -0.4 is 0 Å². The van der Waals surface area contributed by atoms with Crippen LogP contribution in [0.15, 0.2) is 28.7 Å². The van der Waals surface area contributed by atoms with E-state index >= 15 is 0 Å². The minimum absolute atomic E-state index is 0.781. The lowest BCUT2D eigenvalue weighted by Gasteiger charge is -2.41. The maximum atomic E-state index is 11.8. The summed E-state index contributed by atoms with van der Waals surface area (Å²) in [7, 11) is 0. The van der Waals surface area contributed by atoms with Crippen LogP contribution in [-0.2, 0) is 10.3 Å². The molecule has 1 aliphatic rings. The Morgan fingerprint density at radius 2 is 1.89 bits per heavy atom. The van der Waals surface area contributed by atoms with E-state index in [0.29, 0.717) is 0 Å². The Morgan fingerprint density at radius 1 is 1.28 bits per heavy atom. The SMILES string of the molecule is CC(C(=O)O)(c1ccccc1Br)N1CCCCC1. The molecule has 1 unspecified atom stereocenters. The zero-order valence-electron chi connectivity index (χ0n) is 10.5. The number of hydrogen-bond acceptors (Lipinski definition) is 2. The van der Waals surface area contributed by atoms with Crippen molar-refractivity contribution < 1.29 is 9.90 Å². The van der Waals surface area contributed by atoms with Crippen LogP contribution in [0.1, 0.15) is 31.7 Å². The van der Waals surface area contributed by atoms with E-state index in [4.69, 9.17) is 0 Å². The van der Waals surface area contributed by atoms with Crippen molar-refractivity contribution in [1.82, 2.24) is 4.90 Å². The van der Waals surface area contributed by atoms with Crippen molar-refractivity contribution >= 4 is 21.9 Å². The number of piperidine rings is 1. The van der Waals surface area contributed by atoms with Crippen molar-refractivity contribution in [3.05, 3.63) is 34.3 Å². The standard InChI is InChI=1S/C14H18BrNO2/c1-14(13(17)18,16-9-5-2-6-10-16)11-7-3-4-8-12(11)15/h3-4,7-8H,2,5-6,9-10H2,1H3,(H,17,18). The summed E-state index contributed by atoms with van der Waals surface area (Å²) in [6.45, 7) is 3.51. The van der Waals surface area contributed by atoms with Gasteiger partial charge in [0.25, 0.3) is 0 Å². The number of carboxylic acid groups (broad SMARTS) is 1. The first-order valence-corrected chi connectivity index (χ1v) is 7.09. The molecular formula is C14H18BrNO2. The number of benzene rings is 1. The van der Waals surface area contributed by atoms with E-state index in [-0.39, 0.29) is 0 Å². The van der Waals surface area contributed by atoms with Gasteiger partial charge in [-0.15, -0.1) is 0 Å². The lowest BCUT2D eigenvalue weighted by atomic mass is 9.88. The van der Waals surface area contributed by atoms with E-state index < -0.39 is 11.5 Å². The van der Waals surface area contributed by atoms with Gasteiger partial charge < -0.3 is 5.11 Å². The van der Waals surface area contributed by atoms with Crippen LogP contribution in [-0.4, -0.2) is 29.1 Å². The molecule has 18 heavy (non-hydrogen) atoms. The minimum Gasteiger partial charge on any atom is -0.480 e. The number of halogens is 1. The predicted molar refractivity (Wildman–Crippen MR) is 74.6 cm³/mol. The molecule has 0 radical (unpaired) electrons. The summed E-state index contributed by atoms with van der Waals surface area (Å²) >= 11 is 3.48. The van der Waals surface area contributed by atoms with E-state index in [2.05, 4.69) is 20.8 Å². The summed E-state index contributed by atoms with van der Waals surface area (Å²) in [5.41, 5.74) is -0.111. The van der Waals surface area contributed by atoms with Gasteiger partial charge in [-0.05, 0) is 44.5 Å². The number of likely N-dealkylation sites (tertiary alicyclic amines) is 1. The number of carbonyl (C=O) groups is 1. The Labute approximate surface area is 116 Å². The average Bonchev–Trinajstić information content (AvgIpc) is 2.39. The van der Waals surface area contributed by atoms with Crippen LogP contribution in [0.4, 0.5) is 0 Å². The molecule has 1 fully saturated rings. The smallest absolute Gasteiger partial charge is 0.328 e. The van der Waals surface area contributed by atoms with Crippen LogP contribution in [0, 0.1) is 0 Å². The summed E-state index contributed by atoms with van der Waals surface area (Å²) < 4.78 is 0.862. The monoisotopic (exact) mass is 311 g/mol. The first-order chi connectivity index (χ1) is 8.56. The Hall–Kier alpha value is -0.870. The molecular weight excluding hydrogens is 294 g/mol. The number of hydrogen-bond donors (Lipinski definition) is 1. The first kappa shape index (κ1) is 13.6. The highest BCUT2D eigenvalue weighted by atomic mass is 79.9. The Bertz CT molecular complexity index is 443. The second kappa shape index (κ2) is 5.41. The highest BCUT2D eigenvalue weighted by molar-refractivity contribution is 9.10. The fourth-order valence-corrected chi connectivity index (χ4v) is 3.29. The number of nitrogens with zero attached hydrogens (tertiary/aromatic N) is 1. The largest absolute Gasteiger partial charge is 0.480 e. The highest BCUT2D eigenvalue weighted by Crippen LogP contribution is 2.35. The Balaban J connectivity index is 2.43. The van der Waals surface area contributed by atoms with Crippen molar-refractivity contribution in [1.29, 1.82) is 0 Å². The maximum Gasteiger partial charge on any atom is 0.328 e. The van der Waals surface area contributed by atoms with Gasteiger partial charge in [0.05, 0.1) is 0 Å². The maximum absolute atomic E-state index is 11.8. The third-order valence-electron chi connectivity index (χ3n) is 3.80. The fraction of sp³-hybridized carbons (Fsp3) is 0.500. The molecule has 98 valence electrons. The van der Waals surface area contributed by atoms with E-state index in [1.54, 1.807) is 6.92 Å². The minimum atomic E-state index is -0.944. The second-order valence-electron chi connectivity index (χ2n) is 4.90. The molecule has 0 saturated carbocycles. The number of aliphatic carboxylic acids is 1. The summed E-state index contributed by atoms with van der Waals surface area (Å²) in [6, 6.07) is 7.60. The molecule has 0 bridgehead atoms. The molecule has 1 aromatic carbocycles. The normalized spacial score (nSPS) is 20.3. The van der Waals surface area contributed by atoms with E-state index in [9.17, 15) is 9.90 Å². The summed E-state index contributed by atoms with van der Waals surface area (Å²) in [6.07, 6.45) is 3.35. The molecule has 3 nitrogen and oxygen atoms in total. The van der Waals surface area contributed by atoms with Gasteiger partial charge in [0, 0.05) is 4.47 Å². The topological polar surface area (TPSA) is 40.5 Å². The van der Waals surface area contributed by atoms with Gasteiger partial charge in [0.2, 0.25) is 0 Å². The van der Waals surface area contributed by atoms with Gasteiger partial charge in [-0.3, -0.25) is 4.90 Å². The van der Waals surface area contributed by atoms with Crippen LogP contribution in [0.2, 0.25) is 0 Å². The van der Waals surface area contributed by atoms with Crippen LogP contribution >= 0.6 is 15.9 Å². The predicted octanol–water partition coefficient (Wildman–Crippen LogP) is 3.23. The van der Waals surface area contributed by atoms with Crippen molar-refractivity contribution in [2.75, 3.05) is 13.1 Å². The molecule has 4 heteroatoms. The third-order valence-corrected chi connectivity index (χ3v) is 4.49. The molecule has 0 amide bonds. The van der Waals surface area contributed by atoms with Crippen molar-refractivity contribution in [2.24, 2.45) is 0 Å². The molecule has 1 aromatic rings. The molecule has 1 aliphatic heterocycles. The lowest BCUT2D eigenvalue weighted by Crippen LogP contribution is -2.52. The van der Waals surface area contributed by atoms with E-state index in [1.165, 1.54) is 6.42 Å². The van der Waals surface area contributed by atoms with Gasteiger partial charge in [0.1, 0.15) is 5.54 Å². The first-order valence-electron chi connectivity index (χ1n) is 6.30. The Morgan fingerprint density at radius 3 is 2.44 bits per heavy atom. The van der Waals surface area contributed by atoms with Crippen molar-refractivity contribution in [3.63, 3.8) is 0 Å². The second-order valence-corrected chi connectivity index (χ2v) is 5.76. The molecule has 0 spiro atoms. The lowest BCUT2D eigenvalue weighted by molar-refractivity contribution is -0.152. The van der Waals surface area contributed by atoms with E-state index in [1.807, 2.05) is 24.3 Å². The molecule has 0 aromatic heterocycles. The van der Waals surface area contributed by atoms with Gasteiger partial charge in [0.15, 0.2) is 0 Å². The van der Waals surface area contributed by atoms with Crippen LogP contribution in [0.5, 0.6) is 0 Å². The molecule has 0 aliphatic carbocycles. The zero-order chi connectivity index (χ0) is 13.2. The summed E-state index contributed by atoms with van der Waals surface area (Å²) in [4.78, 5) is 13.9. The quantitative estimate of drug-likeness (QED) is 0.931. The number of rotatable bonds is 3. The summed E-state index contributed by atoms with van der Waals surface area (Å²) in [5.74, 6) is -0.781. The third kappa shape index (κ3) is 2.31. The number of carboxylic acids is 1. The molecule has 1 heterocycles. The molecule has 2 rings (SSSR count). The summed E-state index contributed by atoms with van der Waals surface area (Å²) in [5, 5.41) is 9.70. The van der Waals surface area contributed by atoms with Gasteiger partial charge >= 0.3 is 5.97 Å². The average molecular weight is 312 g/mol. The van der Waals surface area contributed by atoms with Crippen LogP contribution in [0.25, 0.3) is 0 Å². The molecule has 1 atom stereocenters. The zero-order valence-corrected chi connectivity index (χ0v) is 12.1. The van der Waals surface area contributed by atoms with Crippen molar-refractivity contribution in [3.8, 4) is 0 Å². The van der Waals surface area contributed by atoms with Gasteiger partial charge in [-0.2, -0.15) is 0 Å². The van der Waals surface area contributed by atoms with Gasteiger partial charge in [-0.25, -0.2) is 4.79 Å². The highest BCUT2D eigenvalue weighted by Gasteiger charge is 2.42. The molecule has 1 saturated heterocycles. The van der Waals surface area contributed by atoms with E-state index in [0.717, 1.165) is 36.0 Å². The molecule has 1 N–H and O–H groups in total. The fourth-order valence-electron chi connectivity index (χ4n) is 2.62. The van der Waals surface area contributed by atoms with Crippen molar-refractivity contribution in [2.45, 2.75) is 31.7 Å². The van der Waals surface area contributed by atoms with Gasteiger partial charge in [-0.1, -0.05) is 40.5 Å². The van der Waals surface area contributed by atoms with Crippen LogP contribution in [0.3, 0.4) is 0 Å².